The van der Waals surface area contributed by atoms with E-state index in [1.54, 1.807) is 0 Å². The first kappa shape index (κ1) is 7.56. The SMILES string of the molecule is CC1NCC2CCCN2C1C. The molecule has 2 saturated heterocycles. The number of piperazine rings is 1. The van der Waals surface area contributed by atoms with E-state index in [1.165, 1.54) is 25.9 Å². The van der Waals surface area contributed by atoms with E-state index in [-0.39, 0.29) is 0 Å². The number of nitrogens with one attached hydrogen (secondary N) is 1. The summed E-state index contributed by atoms with van der Waals surface area (Å²) in [6, 6.07) is 2.28. The highest BCUT2D eigenvalue weighted by Gasteiger charge is 2.34. The molecule has 3 atom stereocenters. The van der Waals surface area contributed by atoms with Crippen molar-refractivity contribution >= 4 is 0 Å². The lowest BCUT2D eigenvalue weighted by molar-refractivity contribution is 0.116. The molecular weight excluding hydrogens is 136 g/mol. The number of rotatable bonds is 0. The summed E-state index contributed by atoms with van der Waals surface area (Å²) in [7, 11) is 0. The summed E-state index contributed by atoms with van der Waals surface area (Å²) in [4.78, 5) is 2.67. The van der Waals surface area contributed by atoms with Crippen LogP contribution in [0.1, 0.15) is 26.7 Å². The molecule has 0 saturated carbocycles. The molecule has 2 aliphatic rings. The molecular formula is C9H18N2. The maximum absolute atomic E-state index is 3.56. The van der Waals surface area contributed by atoms with Crippen LogP contribution in [-0.4, -0.2) is 36.1 Å². The van der Waals surface area contributed by atoms with Crippen molar-refractivity contribution in [2.24, 2.45) is 0 Å². The first-order chi connectivity index (χ1) is 5.29. The second-order valence-electron chi connectivity index (χ2n) is 3.97. The van der Waals surface area contributed by atoms with Crippen LogP contribution in [0.25, 0.3) is 0 Å². The Balaban J connectivity index is 2.06. The molecule has 2 heterocycles. The summed E-state index contributed by atoms with van der Waals surface area (Å²) in [5.74, 6) is 0. The van der Waals surface area contributed by atoms with Gasteiger partial charge in [0.25, 0.3) is 0 Å². The van der Waals surface area contributed by atoms with Gasteiger partial charge in [0.15, 0.2) is 0 Å². The van der Waals surface area contributed by atoms with Crippen molar-refractivity contribution in [1.29, 1.82) is 0 Å². The zero-order chi connectivity index (χ0) is 7.84. The largest absolute Gasteiger partial charge is 0.311 e. The molecule has 0 bridgehead atoms. The van der Waals surface area contributed by atoms with Crippen molar-refractivity contribution in [3.05, 3.63) is 0 Å². The van der Waals surface area contributed by atoms with Crippen molar-refractivity contribution in [2.45, 2.75) is 44.8 Å². The summed E-state index contributed by atoms with van der Waals surface area (Å²) in [6.07, 6.45) is 2.81. The second kappa shape index (κ2) is 2.76. The van der Waals surface area contributed by atoms with Gasteiger partial charge in [0.1, 0.15) is 0 Å². The van der Waals surface area contributed by atoms with Crippen molar-refractivity contribution in [3.63, 3.8) is 0 Å². The van der Waals surface area contributed by atoms with Gasteiger partial charge >= 0.3 is 0 Å². The predicted molar refractivity (Wildman–Crippen MR) is 46.7 cm³/mol. The van der Waals surface area contributed by atoms with Crippen molar-refractivity contribution in [1.82, 2.24) is 10.2 Å². The van der Waals surface area contributed by atoms with E-state index < -0.39 is 0 Å². The highest BCUT2D eigenvalue weighted by molar-refractivity contribution is 4.93. The zero-order valence-electron chi connectivity index (χ0n) is 7.51. The van der Waals surface area contributed by atoms with Gasteiger partial charge in [0.05, 0.1) is 0 Å². The lowest BCUT2D eigenvalue weighted by Crippen LogP contribution is -2.58. The van der Waals surface area contributed by atoms with Crippen LogP contribution in [0.2, 0.25) is 0 Å². The summed E-state index contributed by atoms with van der Waals surface area (Å²) in [5.41, 5.74) is 0. The normalized spacial score (nSPS) is 45.8. The molecule has 11 heavy (non-hydrogen) atoms. The minimum atomic E-state index is 0.685. The Kier molecular flexibility index (Phi) is 1.90. The maximum atomic E-state index is 3.56. The molecule has 2 fully saturated rings. The first-order valence-corrected chi connectivity index (χ1v) is 4.78. The third-order valence-electron chi connectivity index (χ3n) is 3.34. The van der Waals surface area contributed by atoms with E-state index >= 15 is 0 Å². The van der Waals surface area contributed by atoms with E-state index in [4.69, 9.17) is 0 Å². The minimum Gasteiger partial charge on any atom is -0.311 e. The molecule has 0 aliphatic carbocycles. The molecule has 0 spiro atoms. The fraction of sp³-hybridized carbons (Fsp3) is 1.00. The standard InChI is InChI=1S/C9H18N2/c1-7-8(2)11-5-3-4-9(11)6-10-7/h7-10H,3-6H2,1-2H3. The Morgan fingerprint density at radius 3 is 3.00 bits per heavy atom. The Hall–Kier alpha value is -0.0800. The highest BCUT2D eigenvalue weighted by atomic mass is 15.3. The van der Waals surface area contributed by atoms with Crippen LogP contribution in [0, 0.1) is 0 Å². The second-order valence-corrected chi connectivity index (χ2v) is 3.97. The van der Waals surface area contributed by atoms with E-state index in [1.807, 2.05) is 0 Å². The Morgan fingerprint density at radius 1 is 1.36 bits per heavy atom. The molecule has 0 radical (unpaired) electrons. The van der Waals surface area contributed by atoms with Crippen LogP contribution in [0.4, 0.5) is 0 Å². The number of hydrogen-bond acceptors (Lipinski definition) is 2. The summed E-state index contributed by atoms with van der Waals surface area (Å²) in [6.45, 7) is 7.18. The molecule has 2 nitrogen and oxygen atoms in total. The van der Waals surface area contributed by atoms with Crippen LogP contribution in [0.5, 0.6) is 0 Å². The molecule has 0 aromatic rings. The van der Waals surface area contributed by atoms with Gasteiger partial charge in [0.2, 0.25) is 0 Å². The van der Waals surface area contributed by atoms with Crippen molar-refractivity contribution in [2.75, 3.05) is 13.1 Å². The number of nitrogens with zero attached hydrogens (tertiary/aromatic N) is 1. The average molecular weight is 154 g/mol. The van der Waals surface area contributed by atoms with Gasteiger partial charge in [-0.3, -0.25) is 4.90 Å². The fourth-order valence-electron chi connectivity index (χ4n) is 2.39. The minimum absolute atomic E-state index is 0.685. The molecule has 2 aliphatic heterocycles. The zero-order valence-corrected chi connectivity index (χ0v) is 7.51. The fourth-order valence-corrected chi connectivity index (χ4v) is 2.39. The van der Waals surface area contributed by atoms with Gasteiger partial charge in [-0.1, -0.05) is 0 Å². The monoisotopic (exact) mass is 154 g/mol. The lowest BCUT2D eigenvalue weighted by atomic mass is 10.0. The molecule has 0 aromatic carbocycles. The van der Waals surface area contributed by atoms with Gasteiger partial charge in [-0.15, -0.1) is 0 Å². The molecule has 1 N–H and O–H groups in total. The molecule has 0 amide bonds. The highest BCUT2D eigenvalue weighted by Crippen LogP contribution is 2.24. The molecule has 2 rings (SSSR count). The van der Waals surface area contributed by atoms with Gasteiger partial charge in [-0.2, -0.15) is 0 Å². The van der Waals surface area contributed by atoms with E-state index in [9.17, 15) is 0 Å². The van der Waals surface area contributed by atoms with E-state index in [2.05, 4.69) is 24.1 Å². The Bertz CT molecular complexity index is 146. The van der Waals surface area contributed by atoms with E-state index in [0.29, 0.717) is 6.04 Å². The molecule has 2 heteroatoms. The van der Waals surface area contributed by atoms with Gasteiger partial charge in [-0.25, -0.2) is 0 Å². The quantitative estimate of drug-likeness (QED) is 0.556. The average Bonchev–Trinajstić information content (AvgIpc) is 2.45. The van der Waals surface area contributed by atoms with Crippen LogP contribution in [-0.2, 0) is 0 Å². The predicted octanol–water partition coefficient (Wildman–Crippen LogP) is 0.831. The summed E-state index contributed by atoms with van der Waals surface area (Å²) < 4.78 is 0. The molecule has 0 aromatic heterocycles. The van der Waals surface area contributed by atoms with Crippen LogP contribution in [0.3, 0.4) is 0 Å². The first-order valence-electron chi connectivity index (χ1n) is 4.78. The Morgan fingerprint density at radius 2 is 2.18 bits per heavy atom. The van der Waals surface area contributed by atoms with Gasteiger partial charge in [0, 0.05) is 24.7 Å². The smallest absolute Gasteiger partial charge is 0.0224 e. The lowest BCUT2D eigenvalue weighted by Gasteiger charge is -2.40. The third kappa shape index (κ3) is 1.18. The van der Waals surface area contributed by atoms with Crippen LogP contribution in [0.15, 0.2) is 0 Å². The topological polar surface area (TPSA) is 15.3 Å². The molecule has 3 unspecified atom stereocenters. The molecule has 64 valence electrons. The van der Waals surface area contributed by atoms with Crippen LogP contribution < -0.4 is 5.32 Å². The van der Waals surface area contributed by atoms with Crippen molar-refractivity contribution in [3.8, 4) is 0 Å². The van der Waals surface area contributed by atoms with E-state index in [0.717, 1.165) is 12.1 Å². The maximum Gasteiger partial charge on any atom is 0.0224 e. The van der Waals surface area contributed by atoms with Gasteiger partial charge < -0.3 is 5.32 Å². The summed E-state index contributed by atoms with van der Waals surface area (Å²) in [5, 5.41) is 3.56. The van der Waals surface area contributed by atoms with Crippen LogP contribution >= 0.6 is 0 Å². The Labute approximate surface area is 69.0 Å². The number of fused-ring (bicyclic) bond motifs is 1. The number of hydrogen-bond donors (Lipinski definition) is 1. The van der Waals surface area contributed by atoms with Gasteiger partial charge in [-0.05, 0) is 33.2 Å². The van der Waals surface area contributed by atoms with Crippen molar-refractivity contribution < 1.29 is 0 Å². The third-order valence-corrected chi connectivity index (χ3v) is 3.34. The summed E-state index contributed by atoms with van der Waals surface area (Å²) >= 11 is 0.